The Hall–Kier alpha value is -2.38. The van der Waals surface area contributed by atoms with Gasteiger partial charge in [-0.1, -0.05) is 6.08 Å². The minimum Gasteiger partial charge on any atom is -0.326 e. The lowest BCUT2D eigenvalue weighted by atomic mass is 10.1. The maximum Gasteiger partial charge on any atom is 0.406 e. The summed E-state index contributed by atoms with van der Waals surface area (Å²) in [5, 5.41) is 2.33. The Balaban J connectivity index is 3.11. The second-order valence-electron chi connectivity index (χ2n) is 4.47. The van der Waals surface area contributed by atoms with Crippen LogP contribution in [0.2, 0.25) is 0 Å². The molecule has 0 aromatic heterocycles. The number of benzene rings is 1. The monoisotopic (exact) mass is 318 g/mol. The van der Waals surface area contributed by atoms with Crippen molar-refractivity contribution in [2.75, 3.05) is 18.4 Å². The van der Waals surface area contributed by atoms with E-state index in [1.807, 2.05) is 0 Å². The summed E-state index contributed by atoms with van der Waals surface area (Å²) in [6, 6.07) is 3.10. The van der Waals surface area contributed by atoms with Gasteiger partial charge in [-0.15, -0.1) is 6.58 Å². The molecule has 0 aliphatic rings. The van der Waals surface area contributed by atoms with Crippen LogP contribution in [0.3, 0.4) is 0 Å². The molecule has 2 amide bonds. The van der Waals surface area contributed by atoms with Crippen molar-refractivity contribution in [2.24, 2.45) is 0 Å². The molecule has 8 heteroatoms. The smallest absolute Gasteiger partial charge is 0.326 e. The van der Waals surface area contributed by atoms with Gasteiger partial charge < -0.3 is 10.2 Å². The van der Waals surface area contributed by atoms with Crippen molar-refractivity contribution < 1.29 is 27.2 Å². The van der Waals surface area contributed by atoms with Crippen molar-refractivity contribution in [1.82, 2.24) is 4.90 Å². The van der Waals surface area contributed by atoms with Crippen LogP contribution in [0.1, 0.15) is 17.3 Å². The van der Waals surface area contributed by atoms with E-state index in [0.717, 1.165) is 18.2 Å². The van der Waals surface area contributed by atoms with Crippen LogP contribution < -0.4 is 5.32 Å². The molecule has 1 aromatic carbocycles. The summed E-state index contributed by atoms with van der Waals surface area (Å²) < 4.78 is 51.2. The molecule has 0 saturated carbocycles. The molecule has 0 aliphatic carbocycles. The van der Waals surface area contributed by atoms with Gasteiger partial charge in [0.25, 0.3) is 5.91 Å². The number of halogens is 4. The quantitative estimate of drug-likeness (QED) is 0.670. The highest BCUT2D eigenvalue weighted by atomic mass is 19.4. The lowest BCUT2D eigenvalue weighted by Crippen LogP contribution is -2.39. The lowest BCUT2D eigenvalue weighted by Gasteiger charge is -2.23. The topological polar surface area (TPSA) is 49.4 Å². The van der Waals surface area contributed by atoms with Crippen LogP contribution >= 0.6 is 0 Å². The van der Waals surface area contributed by atoms with Crippen molar-refractivity contribution in [2.45, 2.75) is 13.1 Å². The fourth-order valence-electron chi connectivity index (χ4n) is 1.73. The Labute approximate surface area is 124 Å². The third-order valence-electron chi connectivity index (χ3n) is 2.52. The van der Waals surface area contributed by atoms with Crippen LogP contribution in [0.25, 0.3) is 0 Å². The molecule has 0 bridgehead atoms. The molecular formula is C14H14F4N2O2. The van der Waals surface area contributed by atoms with Crippen molar-refractivity contribution >= 4 is 17.5 Å². The number of amides is 2. The standard InChI is InChI=1S/C14H14F4N2O2/c1-3-6-20(8-14(16,17)18)13(22)11-7-10(19-9(2)21)4-5-12(11)15/h3-5,7H,1,6,8H2,2H3,(H,19,21). The summed E-state index contributed by atoms with van der Waals surface area (Å²) in [7, 11) is 0. The zero-order valence-corrected chi connectivity index (χ0v) is 11.7. The molecule has 0 spiro atoms. The van der Waals surface area contributed by atoms with Crippen LogP contribution in [0, 0.1) is 5.82 Å². The van der Waals surface area contributed by atoms with E-state index in [4.69, 9.17) is 0 Å². The van der Waals surface area contributed by atoms with Gasteiger partial charge in [0.2, 0.25) is 5.91 Å². The first-order chi connectivity index (χ1) is 10.1. The van der Waals surface area contributed by atoms with E-state index >= 15 is 0 Å². The van der Waals surface area contributed by atoms with Crippen LogP contribution in [0.4, 0.5) is 23.2 Å². The Morgan fingerprint density at radius 1 is 1.36 bits per heavy atom. The summed E-state index contributed by atoms with van der Waals surface area (Å²) in [5.41, 5.74) is -0.444. The van der Waals surface area contributed by atoms with E-state index in [2.05, 4.69) is 11.9 Å². The number of rotatable bonds is 5. The predicted molar refractivity (Wildman–Crippen MR) is 72.9 cm³/mol. The normalized spacial score (nSPS) is 11.0. The molecule has 22 heavy (non-hydrogen) atoms. The second-order valence-corrected chi connectivity index (χ2v) is 4.47. The highest BCUT2D eigenvalue weighted by Crippen LogP contribution is 2.21. The largest absolute Gasteiger partial charge is 0.406 e. The summed E-state index contributed by atoms with van der Waals surface area (Å²) in [4.78, 5) is 23.5. The van der Waals surface area contributed by atoms with Crippen molar-refractivity contribution in [3.63, 3.8) is 0 Å². The maximum atomic E-state index is 13.7. The summed E-state index contributed by atoms with van der Waals surface area (Å²) in [5.74, 6) is -2.57. The number of anilines is 1. The third kappa shape index (κ3) is 5.19. The Morgan fingerprint density at radius 2 is 2.00 bits per heavy atom. The molecule has 120 valence electrons. The van der Waals surface area contributed by atoms with E-state index < -0.39 is 35.9 Å². The molecule has 0 heterocycles. The van der Waals surface area contributed by atoms with Gasteiger partial charge in [-0.05, 0) is 18.2 Å². The van der Waals surface area contributed by atoms with E-state index in [1.54, 1.807) is 0 Å². The average Bonchev–Trinajstić information content (AvgIpc) is 2.37. The fourth-order valence-corrected chi connectivity index (χ4v) is 1.73. The van der Waals surface area contributed by atoms with Gasteiger partial charge in [0, 0.05) is 19.2 Å². The summed E-state index contributed by atoms with van der Waals surface area (Å²) in [6.45, 7) is 2.57. The lowest BCUT2D eigenvalue weighted by molar-refractivity contribution is -0.139. The molecule has 1 aromatic rings. The summed E-state index contributed by atoms with van der Waals surface area (Å²) >= 11 is 0. The van der Waals surface area contributed by atoms with E-state index in [9.17, 15) is 27.2 Å². The zero-order chi connectivity index (χ0) is 16.9. The van der Waals surface area contributed by atoms with Gasteiger partial charge in [0.1, 0.15) is 12.4 Å². The minimum absolute atomic E-state index is 0.114. The minimum atomic E-state index is -4.62. The first-order valence-electron chi connectivity index (χ1n) is 6.18. The van der Waals surface area contributed by atoms with Gasteiger partial charge in [-0.3, -0.25) is 9.59 Å². The molecule has 4 nitrogen and oxygen atoms in total. The predicted octanol–water partition coefficient (Wildman–Crippen LogP) is 2.97. The SMILES string of the molecule is C=CCN(CC(F)(F)F)C(=O)c1cc(NC(C)=O)ccc1F. The van der Waals surface area contributed by atoms with Crippen LogP contribution in [-0.4, -0.2) is 36.0 Å². The van der Waals surface area contributed by atoms with E-state index in [-0.39, 0.29) is 12.2 Å². The molecular weight excluding hydrogens is 304 g/mol. The highest BCUT2D eigenvalue weighted by molar-refractivity contribution is 5.97. The zero-order valence-electron chi connectivity index (χ0n) is 11.7. The number of nitrogens with one attached hydrogen (secondary N) is 1. The Bertz CT molecular complexity index is 585. The van der Waals surface area contributed by atoms with Crippen LogP contribution in [0.15, 0.2) is 30.9 Å². The first kappa shape index (κ1) is 17.7. The number of alkyl halides is 3. The molecule has 0 saturated heterocycles. The van der Waals surface area contributed by atoms with Crippen LogP contribution in [0.5, 0.6) is 0 Å². The van der Waals surface area contributed by atoms with Crippen LogP contribution in [-0.2, 0) is 4.79 Å². The van der Waals surface area contributed by atoms with Gasteiger partial charge in [0.15, 0.2) is 0 Å². The average molecular weight is 318 g/mol. The Kier molecular flexibility index (Phi) is 5.67. The number of hydrogen-bond donors (Lipinski definition) is 1. The summed E-state index contributed by atoms with van der Waals surface area (Å²) in [6.07, 6.45) is -3.51. The van der Waals surface area contributed by atoms with Crippen molar-refractivity contribution in [3.8, 4) is 0 Å². The van der Waals surface area contributed by atoms with Gasteiger partial charge >= 0.3 is 6.18 Å². The van der Waals surface area contributed by atoms with Gasteiger partial charge in [-0.25, -0.2) is 4.39 Å². The number of carbonyl (C=O) groups is 2. The molecule has 1 N–H and O–H groups in total. The molecule has 0 atom stereocenters. The number of carbonyl (C=O) groups excluding carboxylic acids is 2. The molecule has 0 fully saturated rings. The van der Waals surface area contributed by atoms with Crippen molar-refractivity contribution in [3.05, 3.63) is 42.2 Å². The first-order valence-corrected chi connectivity index (χ1v) is 6.18. The van der Waals surface area contributed by atoms with Gasteiger partial charge in [0.05, 0.1) is 5.56 Å². The molecule has 0 unspecified atom stereocenters. The van der Waals surface area contributed by atoms with E-state index in [1.165, 1.54) is 13.0 Å². The Morgan fingerprint density at radius 3 is 2.50 bits per heavy atom. The van der Waals surface area contributed by atoms with Crippen molar-refractivity contribution in [1.29, 1.82) is 0 Å². The molecule has 0 radical (unpaired) electrons. The molecule has 0 aliphatic heterocycles. The fraction of sp³-hybridized carbons (Fsp3) is 0.286. The maximum absolute atomic E-state index is 13.7. The van der Waals surface area contributed by atoms with E-state index in [0.29, 0.717) is 4.90 Å². The number of nitrogens with zero attached hydrogens (tertiary/aromatic N) is 1. The second kappa shape index (κ2) is 7.06. The van der Waals surface area contributed by atoms with Gasteiger partial charge in [-0.2, -0.15) is 13.2 Å². The highest BCUT2D eigenvalue weighted by Gasteiger charge is 2.33. The third-order valence-corrected chi connectivity index (χ3v) is 2.52. The molecule has 1 rings (SSSR count). The number of hydrogen-bond acceptors (Lipinski definition) is 2.